The number of carbonyl (C=O) groups excluding carboxylic acids is 3. The molecular weight excluding hydrogens is 656 g/mol. The Balaban J connectivity index is 1.07. The molecule has 2 fully saturated rings. The zero-order valence-corrected chi connectivity index (χ0v) is 30.6. The summed E-state index contributed by atoms with van der Waals surface area (Å²) in [5.74, 6) is 8.10. The minimum atomic E-state index is -0.684. The minimum Gasteiger partial charge on any atom is -0.453 e. The number of likely N-dealkylation sites (tertiary alicyclic amines) is 2. The van der Waals surface area contributed by atoms with E-state index < -0.39 is 18.2 Å². The summed E-state index contributed by atoms with van der Waals surface area (Å²) in [6.07, 6.45) is 4.56. The highest BCUT2D eigenvalue weighted by Crippen LogP contribution is 2.38. The third-order valence-electron chi connectivity index (χ3n) is 10.8. The molecule has 3 aliphatic rings. The Morgan fingerprint density at radius 2 is 1.52 bits per heavy atom. The fourth-order valence-electron chi connectivity index (χ4n) is 7.75. The fourth-order valence-corrected chi connectivity index (χ4v) is 7.75. The van der Waals surface area contributed by atoms with Crippen LogP contribution in [0.2, 0.25) is 0 Å². The molecule has 2 aliphatic heterocycles. The molecule has 12 heteroatoms. The van der Waals surface area contributed by atoms with E-state index in [1.807, 2.05) is 61.8 Å². The van der Waals surface area contributed by atoms with E-state index in [-0.39, 0.29) is 35.7 Å². The van der Waals surface area contributed by atoms with Gasteiger partial charge in [0.2, 0.25) is 11.8 Å². The molecule has 5 N–H and O–H groups in total. The highest BCUT2D eigenvalue weighted by atomic mass is 16.5. The molecule has 3 amide bonds. The van der Waals surface area contributed by atoms with Crippen LogP contribution >= 0.6 is 0 Å². The summed E-state index contributed by atoms with van der Waals surface area (Å²) in [4.78, 5) is 59.3. The van der Waals surface area contributed by atoms with E-state index in [1.165, 1.54) is 12.7 Å². The number of amides is 3. The number of aryl methyl sites for hydroxylation is 2. The van der Waals surface area contributed by atoms with Crippen molar-refractivity contribution in [2.75, 3.05) is 20.2 Å². The predicted octanol–water partition coefficient (Wildman–Crippen LogP) is 5.14. The van der Waals surface area contributed by atoms with Crippen molar-refractivity contribution in [3.05, 3.63) is 70.4 Å². The van der Waals surface area contributed by atoms with Crippen molar-refractivity contribution >= 4 is 28.9 Å². The zero-order chi connectivity index (χ0) is 36.7. The molecule has 2 aromatic carbocycles. The number of alkyl carbamates (subject to hydrolysis) is 1. The first-order chi connectivity index (χ1) is 25.0. The fraction of sp³-hybridized carbons (Fsp3) is 0.475. The predicted molar refractivity (Wildman–Crippen MR) is 198 cm³/mol. The summed E-state index contributed by atoms with van der Waals surface area (Å²) >= 11 is 0. The number of nitrogens with two attached hydrogens (primary N) is 1. The third-order valence-corrected chi connectivity index (χ3v) is 10.8. The van der Waals surface area contributed by atoms with E-state index in [4.69, 9.17) is 20.4 Å². The molecule has 1 aliphatic carbocycles. The van der Waals surface area contributed by atoms with Gasteiger partial charge in [-0.25, -0.2) is 14.8 Å². The Hall–Kier alpha value is -5.15. The molecule has 0 unspecified atom stereocenters. The lowest BCUT2D eigenvalue weighted by Gasteiger charge is -2.29. The van der Waals surface area contributed by atoms with E-state index in [9.17, 15) is 14.4 Å². The highest BCUT2D eigenvalue weighted by Gasteiger charge is 2.38. The first kappa shape index (κ1) is 35.3. The molecule has 272 valence electrons. The van der Waals surface area contributed by atoms with Crippen LogP contribution in [0.3, 0.4) is 0 Å². The standard InChI is InChI=1S/C40H48N8O4/c1-22(2)33(41)38(49)47-18-6-9-32(47)37-43-29-17-14-26-20-24(12-15-27(26)35(29)45-37)10-11-25-13-16-28-30(21-25)44-36(42-28)31-8-7-19-48(31)39(50)34(23(3)4)46-40(51)52-5/h12-13,15-16,20-23,31-34H,6-9,14,17-19,41H2,1-5H3,(H,42,44)(H,43,45)(H,46,51)/t31-,32-,33-,34-/m0/s1. The number of nitrogens with one attached hydrogen (secondary N) is 3. The molecule has 7 rings (SSSR count). The number of imidazole rings is 2. The Labute approximate surface area is 304 Å². The van der Waals surface area contributed by atoms with Crippen LogP contribution in [-0.4, -0.2) is 79.9 Å². The lowest BCUT2D eigenvalue weighted by Crippen LogP contribution is -2.51. The molecule has 2 aromatic heterocycles. The van der Waals surface area contributed by atoms with Crippen molar-refractivity contribution in [2.45, 2.75) is 90.4 Å². The smallest absolute Gasteiger partial charge is 0.407 e. The van der Waals surface area contributed by atoms with Gasteiger partial charge in [-0.05, 0) is 86.3 Å². The Morgan fingerprint density at radius 3 is 2.19 bits per heavy atom. The van der Waals surface area contributed by atoms with Gasteiger partial charge in [-0.1, -0.05) is 45.6 Å². The van der Waals surface area contributed by atoms with E-state index in [0.717, 1.165) is 89.3 Å². The van der Waals surface area contributed by atoms with E-state index in [0.29, 0.717) is 13.1 Å². The molecule has 52 heavy (non-hydrogen) atoms. The number of fused-ring (bicyclic) bond motifs is 4. The van der Waals surface area contributed by atoms with Crippen molar-refractivity contribution in [2.24, 2.45) is 17.6 Å². The Morgan fingerprint density at radius 1 is 0.865 bits per heavy atom. The van der Waals surface area contributed by atoms with E-state index >= 15 is 0 Å². The summed E-state index contributed by atoms with van der Waals surface area (Å²) in [6, 6.07) is 10.7. The maximum atomic E-state index is 13.6. The molecule has 4 atom stereocenters. The number of nitrogens with zero attached hydrogens (tertiary/aromatic N) is 4. The monoisotopic (exact) mass is 704 g/mol. The zero-order valence-electron chi connectivity index (χ0n) is 30.6. The molecule has 4 heterocycles. The SMILES string of the molecule is COC(=O)N[C@H](C(=O)N1CCC[C@H]1c1nc2ccc(C#Cc3ccc4c(c3)CCc3[nH]c([C@@H]5CCCN5C(=O)[C@@H](N)C(C)C)nc3-4)cc2[nH]1)C(C)C. The topological polar surface area (TPSA) is 162 Å². The number of carbonyl (C=O) groups is 3. The number of benzene rings is 2. The van der Waals surface area contributed by atoms with Gasteiger partial charge in [-0.15, -0.1) is 0 Å². The second kappa shape index (κ2) is 14.5. The largest absolute Gasteiger partial charge is 0.453 e. The number of ether oxygens (including phenoxy) is 1. The average Bonchev–Trinajstić information content (AvgIpc) is 3.96. The number of aromatic amines is 2. The van der Waals surface area contributed by atoms with Crippen LogP contribution in [0.4, 0.5) is 4.79 Å². The number of aromatic nitrogens is 4. The van der Waals surface area contributed by atoms with Gasteiger partial charge in [0.05, 0.1) is 42.0 Å². The van der Waals surface area contributed by atoms with Gasteiger partial charge in [0, 0.05) is 35.5 Å². The van der Waals surface area contributed by atoms with Gasteiger partial charge in [-0.3, -0.25) is 9.59 Å². The lowest BCUT2D eigenvalue weighted by molar-refractivity contribution is -0.136. The van der Waals surface area contributed by atoms with Crippen LogP contribution in [0.25, 0.3) is 22.3 Å². The number of hydrogen-bond donors (Lipinski definition) is 4. The molecule has 2 saturated heterocycles. The van der Waals surface area contributed by atoms with Crippen molar-refractivity contribution in [3.8, 4) is 23.1 Å². The molecule has 0 spiro atoms. The lowest BCUT2D eigenvalue weighted by atomic mass is 9.91. The van der Waals surface area contributed by atoms with Crippen molar-refractivity contribution in [3.63, 3.8) is 0 Å². The minimum absolute atomic E-state index is 0.00110. The molecule has 0 radical (unpaired) electrons. The van der Waals surface area contributed by atoms with Gasteiger partial charge < -0.3 is 35.6 Å². The molecule has 0 saturated carbocycles. The van der Waals surface area contributed by atoms with Gasteiger partial charge >= 0.3 is 6.09 Å². The Kier molecular flexibility index (Phi) is 9.81. The summed E-state index contributed by atoms with van der Waals surface area (Å²) in [5.41, 5.74) is 14.1. The van der Waals surface area contributed by atoms with Crippen LogP contribution in [-0.2, 0) is 27.2 Å². The van der Waals surface area contributed by atoms with E-state index in [1.54, 1.807) is 0 Å². The van der Waals surface area contributed by atoms with Crippen molar-refractivity contribution < 1.29 is 19.1 Å². The molecule has 4 aromatic rings. The Bertz CT molecular complexity index is 2070. The normalized spacial score (nSPS) is 19.3. The first-order valence-electron chi connectivity index (χ1n) is 18.5. The van der Waals surface area contributed by atoms with Gasteiger partial charge in [0.1, 0.15) is 17.7 Å². The molecular formula is C40H48N8O4. The first-order valence-corrected chi connectivity index (χ1v) is 18.5. The summed E-state index contributed by atoms with van der Waals surface area (Å²) in [5, 5.41) is 2.70. The second-order valence-corrected chi connectivity index (χ2v) is 14.9. The van der Waals surface area contributed by atoms with Crippen LogP contribution < -0.4 is 11.1 Å². The number of hydrogen-bond acceptors (Lipinski definition) is 7. The average molecular weight is 705 g/mol. The quantitative estimate of drug-likeness (QED) is 0.194. The van der Waals surface area contributed by atoms with Crippen molar-refractivity contribution in [1.82, 2.24) is 35.1 Å². The van der Waals surface area contributed by atoms with Crippen LogP contribution in [0.1, 0.15) is 99.5 Å². The van der Waals surface area contributed by atoms with Crippen LogP contribution in [0, 0.1) is 23.7 Å². The second-order valence-electron chi connectivity index (χ2n) is 14.9. The maximum Gasteiger partial charge on any atom is 0.407 e. The molecule has 0 bridgehead atoms. The number of methoxy groups -OCH3 is 1. The summed E-state index contributed by atoms with van der Waals surface area (Å²) < 4.78 is 4.76. The third kappa shape index (κ3) is 6.77. The molecule has 12 nitrogen and oxygen atoms in total. The number of rotatable bonds is 7. The van der Waals surface area contributed by atoms with Crippen LogP contribution in [0.15, 0.2) is 36.4 Å². The van der Waals surface area contributed by atoms with Crippen LogP contribution in [0.5, 0.6) is 0 Å². The summed E-state index contributed by atoms with van der Waals surface area (Å²) in [7, 11) is 1.29. The van der Waals surface area contributed by atoms with Crippen molar-refractivity contribution in [1.29, 1.82) is 0 Å². The van der Waals surface area contributed by atoms with Gasteiger partial charge in [0.25, 0.3) is 0 Å². The number of H-pyrrole nitrogens is 2. The van der Waals surface area contributed by atoms with Gasteiger partial charge in [-0.2, -0.15) is 0 Å². The maximum absolute atomic E-state index is 13.6. The van der Waals surface area contributed by atoms with Gasteiger partial charge in [0.15, 0.2) is 0 Å². The van der Waals surface area contributed by atoms with E-state index in [2.05, 4.69) is 39.3 Å². The highest BCUT2D eigenvalue weighted by molar-refractivity contribution is 5.87. The summed E-state index contributed by atoms with van der Waals surface area (Å²) in [6.45, 7) is 9.08.